The first kappa shape index (κ1) is 16.2. The largest absolute Gasteiger partial charge is 0.409 e. The van der Waals surface area contributed by atoms with Gasteiger partial charge in [0.05, 0.1) is 6.04 Å². The van der Waals surface area contributed by atoms with E-state index in [1.165, 1.54) is 6.07 Å². The third kappa shape index (κ3) is 4.15. The number of hydrogen-bond donors (Lipinski definition) is 2. The lowest BCUT2D eigenvalue weighted by molar-refractivity contribution is 0.116. The van der Waals surface area contributed by atoms with Crippen molar-refractivity contribution in [2.24, 2.45) is 10.9 Å². The van der Waals surface area contributed by atoms with Crippen LogP contribution in [0.2, 0.25) is 0 Å². The summed E-state index contributed by atoms with van der Waals surface area (Å²) < 4.78 is 14.2. The number of hydrogen-bond acceptors (Lipinski definition) is 4. The van der Waals surface area contributed by atoms with Crippen molar-refractivity contribution in [1.82, 2.24) is 9.80 Å². The standard InChI is InChI=1S/C14H20BrFN4O/c1-10(14(17)18-21)20-6-4-19(5-7-20)9-11-8-12(16)2-3-13(11)15/h2-3,8,10,21H,4-7,9H2,1H3,(H2,17,18). The van der Waals surface area contributed by atoms with Crippen LogP contribution in [0.4, 0.5) is 4.39 Å². The lowest BCUT2D eigenvalue weighted by Gasteiger charge is -2.37. The Hall–Kier alpha value is -1.18. The molecule has 7 heteroatoms. The Morgan fingerprint density at radius 3 is 2.71 bits per heavy atom. The van der Waals surface area contributed by atoms with E-state index in [4.69, 9.17) is 10.9 Å². The van der Waals surface area contributed by atoms with Crippen molar-refractivity contribution in [1.29, 1.82) is 0 Å². The first-order chi connectivity index (χ1) is 10.0. The highest BCUT2D eigenvalue weighted by Crippen LogP contribution is 2.20. The fourth-order valence-corrected chi connectivity index (χ4v) is 2.86. The molecule has 0 aliphatic carbocycles. The van der Waals surface area contributed by atoms with Gasteiger partial charge >= 0.3 is 0 Å². The molecule has 3 N–H and O–H groups in total. The van der Waals surface area contributed by atoms with E-state index in [0.29, 0.717) is 6.54 Å². The number of benzene rings is 1. The van der Waals surface area contributed by atoms with Crippen LogP contribution in [-0.4, -0.2) is 53.1 Å². The summed E-state index contributed by atoms with van der Waals surface area (Å²) in [5, 5.41) is 11.8. The van der Waals surface area contributed by atoms with Gasteiger partial charge in [0.1, 0.15) is 5.82 Å². The van der Waals surface area contributed by atoms with Gasteiger partial charge in [0.15, 0.2) is 5.84 Å². The molecule has 1 unspecified atom stereocenters. The number of nitrogens with two attached hydrogens (primary N) is 1. The van der Waals surface area contributed by atoms with Gasteiger partial charge in [-0.1, -0.05) is 21.1 Å². The van der Waals surface area contributed by atoms with E-state index in [1.807, 2.05) is 6.92 Å². The fourth-order valence-electron chi connectivity index (χ4n) is 2.48. The molecular formula is C14H20BrFN4O. The van der Waals surface area contributed by atoms with Crippen molar-refractivity contribution in [2.75, 3.05) is 26.2 Å². The van der Waals surface area contributed by atoms with Gasteiger partial charge in [-0.25, -0.2) is 4.39 Å². The van der Waals surface area contributed by atoms with Crippen molar-refractivity contribution < 1.29 is 9.60 Å². The minimum absolute atomic E-state index is 0.0712. The monoisotopic (exact) mass is 358 g/mol. The topological polar surface area (TPSA) is 65.1 Å². The quantitative estimate of drug-likeness (QED) is 0.373. The number of piperazine rings is 1. The van der Waals surface area contributed by atoms with Crippen molar-refractivity contribution in [3.05, 3.63) is 34.1 Å². The number of amidine groups is 1. The number of halogens is 2. The van der Waals surface area contributed by atoms with Crippen molar-refractivity contribution in [3.8, 4) is 0 Å². The van der Waals surface area contributed by atoms with Gasteiger partial charge in [-0.05, 0) is 30.7 Å². The average Bonchev–Trinajstić information content (AvgIpc) is 2.50. The van der Waals surface area contributed by atoms with E-state index in [2.05, 4.69) is 30.9 Å². The van der Waals surface area contributed by atoms with Gasteiger partial charge < -0.3 is 10.9 Å². The predicted molar refractivity (Wildman–Crippen MR) is 83.8 cm³/mol. The SMILES string of the molecule is CC(C(N)=NO)N1CCN(Cc2cc(F)ccc2Br)CC1. The third-order valence-corrected chi connectivity index (χ3v) is 4.67. The van der Waals surface area contributed by atoms with E-state index >= 15 is 0 Å². The van der Waals surface area contributed by atoms with Gasteiger partial charge in [-0.3, -0.25) is 9.80 Å². The van der Waals surface area contributed by atoms with Gasteiger partial charge in [-0.2, -0.15) is 0 Å². The molecular weight excluding hydrogens is 339 g/mol. The fraction of sp³-hybridized carbons (Fsp3) is 0.500. The second-order valence-corrected chi connectivity index (χ2v) is 6.10. The Labute approximate surface area is 132 Å². The molecule has 0 radical (unpaired) electrons. The maximum absolute atomic E-state index is 13.3. The molecule has 1 saturated heterocycles. The Bertz CT molecular complexity index is 518. The smallest absolute Gasteiger partial charge is 0.156 e. The molecule has 21 heavy (non-hydrogen) atoms. The van der Waals surface area contributed by atoms with Gasteiger partial charge in [0, 0.05) is 37.2 Å². The molecule has 1 aliphatic rings. The van der Waals surface area contributed by atoms with Gasteiger partial charge in [0.2, 0.25) is 0 Å². The maximum atomic E-state index is 13.3. The molecule has 0 spiro atoms. The van der Waals surface area contributed by atoms with E-state index < -0.39 is 0 Å². The van der Waals surface area contributed by atoms with Crippen LogP contribution in [-0.2, 0) is 6.54 Å². The lowest BCUT2D eigenvalue weighted by Crippen LogP contribution is -2.52. The molecule has 1 fully saturated rings. The first-order valence-electron chi connectivity index (χ1n) is 6.89. The average molecular weight is 359 g/mol. The molecule has 2 rings (SSSR count). The van der Waals surface area contributed by atoms with Crippen molar-refractivity contribution >= 4 is 21.8 Å². The highest BCUT2D eigenvalue weighted by molar-refractivity contribution is 9.10. The molecule has 1 aromatic carbocycles. The van der Waals surface area contributed by atoms with Crippen LogP contribution >= 0.6 is 15.9 Å². The Kier molecular flexibility index (Phi) is 5.55. The van der Waals surface area contributed by atoms with E-state index in [9.17, 15) is 4.39 Å². The van der Waals surface area contributed by atoms with Crippen LogP contribution in [0.1, 0.15) is 12.5 Å². The predicted octanol–water partition coefficient (Wildman–Crippen LogP) is 1.84. The molecule has 1 aromatic rings. The second-order valence-electron chi connectivity index (χ2n) is 5.25. The highest BCUT2D eigenvalue weighted by atomic mass is 79.9. The van der Waals surface area contributed by atoms with Crippen molar-refractivity contribution in [3.63, 3.8) is 0 Å². The molecule has 1 aliphatic heterocycles. The summed E-state index contributed by atoms with van der Waals surface area (Å²) in [6.45, 7) is 6.05. The molecule has 116 valence electrons. The van der Waals surface area contributed by atoms with Crippen LogP contribution in [0.3, 0.4) is 0 Å². The molecule has 0 saturated carbocycles. The lowest BCUT2D eigenvalue weighted by atomic mass is 10.1. The van der Waals surface area contributed by atoms with E-state index in [-0.39, 0.29) is 17.7 Å². The molecule has 1 heterocycles. The Morgan fingerprint density at radius 2 is 2.10 bits per heavy atom. The zero-order valence-electron chi connectivity index (χ0n) is 12.0. The molecule has 0 amide bonds. The van der Waals surface area contributed by atoms with Crippen LogP contribution in [0.15, 0.2) is 27.8 Å². The molecule has 0 bridgehead atoms. The van der Waals surface area contributed by atoms with Crippen LogP contribution in [0.25, 0.3) is 0 Å². The zero-order valence-corrected chi connectivity index (χ0v) is 13.6. The Morgan fingerprint density at radius 1 is 1.43 bits per heavy atom. The van der Waals surface area contributed by atoms with Gasteiger partial charge in [-0.15, -0.1) is 0 Å². The molecule has 5 nitrogen and oxygen atoms in total. The minimum Gasteiger partial charge on any atom is -0.409 e. The Balaban J connectivity index is 1.91. The summed E-state index contributed by atoms with van der Waals surface area (Å²) in [5.74, 6) is 0.0173. The normalized spacial score (nSPS) is 19.7. The molecule has 1 atom stereocenters. The summed E-state index contributed by atoms with van der Waals surface area (Å²) in [4.78, 5) is 4.45. The summed E-state index contributed by atoms with van der Waals surface area (Å²) >= 11 is 3.46. The minimum atomic E-state index is -0.215. The zero-order chi connectivity index (χ0) is 15.4. The maximum Gasteiger partial charge on any atom is 0.156 e. The van der Waals surface area contributed by atoms with Gasteiger partial charge in [0.25, 0.3) is 0 Å². The first-order valence-corrected chi connectivity index (χ1v) is 7.68. The number of oxime groups is 1. The summed E-state index contributed by atoms with van der Waals surface area (Å²) in [5.41, 5.74) is 6.59. The summed E-state index contributed by atoms with van der Waals surface area (Å²) in [6.07, 6.45) is 0. The second kappa shape index (κ2) is 7.20. The number of nitrogens with zero attached hydrogens (tertiary/aromatic N) is 3. The van der Waals surface area contributed by atoms with Crippen LogP contribution in [0, 0.1) is 5.82 Å². The van der Waals surface area contributed by atoms with Crippen LogP contribution < -0.4 is 5.73 Å². The van der Waals surface area contributed by atoms with Crippen molar-refractivity contribution in [2.45, 2.75) is 19.5 Å². The van der Waals surface area contributed by atoms with E-state index in [0.717, 1.165) is 36.2 Å². The highest BCUT2D eigenvalue weighted by Gasteiger charge is 2.23. The summed E-state index contributed by atoms with van der Waals surface area (Å²) in [7, 11) is 0. The number of rotatable bonds is 4. The third-order valence-electron chi connectivity index (χ3n) is 3.90. The van der Waals surface area contributed by atoms with E-state index in [1.54, 1.807) is 12.1 Å². The summed E-state index contributed by atoms with van der Waals surface area (Å²) in [6, 6.07) is 4.68. The van der Waals surface area contributed by atoms with Crippen LogP contribution in [0.5, 0.6) is 0 Å². The molecule has 0 aromatic heterocycles.